The second-order valence-electron chi connectivity index (χ2n) is 9.75. The molecule has 4 aliphatic rings. The number of carboxylic acid groups (broad SMARTS) is 1. The summed E-state index contributed by atoms with van der Waals surface area (Å²) in [7, 11) is 0. The number of fused-ring (bicyclic) bond motifs is 5. The fourth-order valence-electron chi connectivity index (χ4n) is 7.33. The molecule has 0 bridgehead atoms. The van der Waals surface area contributed by atoms with Gasteiger partial charge in [-0.3, -0.25) is 9.59 Å². The highest BCUT2D eigenvalue weighted by Crippen LogP contribution is 2.65. The Morgan fingerprint density at radius 2 is 1.96 bits per heavy atom. The van der Waals surface area contributed by atoms with Gasteiger partial charge < -0.3 is 10.4 Å². The van der Waals surface area contributed by atoms with E-state index in [-0.39, 0.29) is 17.4 Å². The van der Waals surface area contributed by atoms with Crippen molar-refractivity contribution in [2.75, 3.05) is 0 Å². The van der Waals surface area contributed by atoms with Crippen LogP contribution in [0.25, 0.3) is 0 Å². The van der Waals surface area contributed by atoms with Gasteiger partial charge >= 0.3 is 5.97 Å². The van der Waals surface area contributed by atoms with Gasteiger partial charge in [0.2, 0.25) is 5.91 Å². The molecule has 0 aromatic carbocycles. The van der Waals surface area contributed by atoms with Crippen molar-refractivity contribution < 1.29 is 14.7 Å². The van der Waals surface area contributed by atoms with Gasteiger partial charge in [-0.05, 0) is 73.0 Å². The largest absolute Gasteiger partial charge is 0.481 e. The molecular formula is C20H31NO3. The van der Waals surface area contributed by atoms with Crippen molar-refractivity contribution in [1.29, 1.82) is 0 Å². The molecule has 0 radical (unpaired) electrons. The molecule has 4 nitrogen and oxygen atoms in total. The Bertz CT molecular complexity index is 575. The molecule has 1 aliphatic heterocycles. The quantitative estimate of drug-likeness (QED) is 0.722. The lowest BCUT2D eigenvalue weighted by atomic mass is 9.45. The number of rotatable bonds is 1. The molecular weight excluding hydrogens is 302 g/mol. The maximum atomic E-state index is 12.2. The zero-order valence-electron chi connectivity index (χ0n) is 15.2. The molecule has 1 amide bonds. The number of nitrogens with one attached hydrogen (secondary N) is 1. The van der Waals surface area contributed by atoms with Crippen molar-refractivity contribution in [2.45, 2.75) is 71.8 Å². The predicted octanol–water partition coefficient (Wildman–Crippen LogP) is 3.45. The molecule has 134 valence electrons. The van der Waals surface area contributed by atoms with Crippen LogP contribution in [0.15, 0.2) is 0 Å². The van der Waals surface area contributed by atoms with E-state index in [2.05, 4.69) is 26.1 Å². The highest BCUT2D eigenvalue weighted by Gasteiger charge is 2.61. The first kappa shape index (κ1) is 16.4. The second kappa shape index (κ2) is 5.22. The minimum Gasteiger partial charge on any atom is -0.481 e. The van der Waals surface area contributed by atoms with E-state index in [0.717, 1.165) is 12.3 Å². The number of hydrogen-bond donors (Lipinski definition) is 2. The van der Waals surface area contributed by atoms with E-state index in [9.17, 15) is 14.7 Å². The maximum absolute atomic E-state index is 12.2. The van der Waals surface area contributed by atoms with Gasteiger partial charge in [-0.15, -0.1) is 0 Å². The Morgan fingerprint density at radius 3 is 2.67 bits per heavy atom. The summed E-state index contributed by atoms with van der Waals surface area (Å²) in [5, 5.41) is 12.6. The Morgan fingerprint density at radius 1 is 1.21 bits per heavy atom. The molecule has 4 rings (SSSR count). The Balaban J connectivity index is 1.69. The summed E-state index contributed by atoms with van der Waals surface area (Å²) < 4.78 is 0. The minimum absolute atomic E-state index is 0.0575. The van der Waals surface area contributed by atoms with Crippen LogP contribution >= 0.6 is 0 Å². The number of piperidine rings is 1. The SMILES string of the molecule is CC1CC2NC(=O)C(C(=O)O)C[C@]2(C)[C@@H]2CC[C@]3(C)CCC[C@H]3[C@H]12. The highest BCUT2D eigenvalue weighted by molar-refractivity contribution is 5.97. The Kier molecular flexibility index (Phi) is 3.57. The lowest BCUT2D eigenvalue weighted by molar-refractivity contribution is -0.162. The summed E-state index contributed by atoms with van der Waals surface area (Å²) in [4.78, 5) is 23.8. The zero-order valence-corrected chi connectivity index (χ0v) is 15.2. The second-order valence-corrected chi connectivity index (χ2v) is 9.75. The lowest BCUT2D eigenvalue weighted by Crippen LogP contribution is -2.65. The van der Waals surface area contributed by atoms with Crippen LogP contribution in [0.2, 0.25) is 0 Å². The summed E-state index contributed by atoms with van der Waals surface area (Å²) in [6, 6.07) is 0.155. The molecule has 2 N–H and O–H groups in total. The predicted molar refractivity (Wildman–Crippen MR) is 91.2 cm³/mol. The van der Waals surface area contributed by atoms with E-state index in [1.807, 2.05) is 0 Å². The van der Waals surface area contributed by atoms with E-state index in [1.54, 1.807) is 0 Å². The van der Waals surface area contributed by atoms with Crippen LogP contribution in [0.1, 0.15) is 65.7 Å². The molecule has 3 unspecified atom stereocenters. The number of carbonyl (C=O) groups excluding carboxylic acids is 1. The van der Waals surface area contributed by atoms with Gasteiger partial charge in [0.25, 0.3) is 0 Å². The van der Waals surface area contributed by atoms with Crippen LogP contribution in [0.3, 0.4) is 0 Å². The minimum atomic E-state index is -0.955. The number of carbonyl (C=O) groups is 2. The van der Waals surface area contributed by atoms with Crippen LogP contribution in [0.5, 0.6) is 0 Å². The van der Waals surface area contributed by atoms with Crippen molar-refractivity contribution in [1.82, 2.24) is 5.32 Å². The number of hydrogen-bond acceptors (Lipinski definition) is 2. The normalized spacial score (nSPS) is 53.5. The maximum Gasteiger partial charge on any atom is 0.316 e. The molecule has 24 heavy (non-hydrogen) atoms. The van der Waals surface area contributed by atoms with E-state index in [4.69, 9.17) is 0 Å². The first-order chi connectivity index (χ1) is 11.3. The molecule has 0 aromatic rings. The molecule has 1 heterocycles. The van der Waals surface area contributed by atoms with Crippen molar-refractivity contribution in [3.8, 4) is 0 Å². The Hall–Kier alpha value is -1.06. The van der Waals surface area contributed by atoms with Crippen molar-refractivity contribution in [3.05, 3.63) is 0 Å². The summed E-state index contributed by atoms with van der Waals surface area (Å²) in [5.41, 5.74) is 0.445. The molecule has 8 atom stereocenters. The fraction of sp³-hybridized carbons (Fsp3) is 0.900. The molecule has 4 fully saturated rings. The van der Waals surface area contributed by atoms with Gasteiger partial charge in [0.15, 0.2) is 0 Å². The van der Waals surface area contributed by atoms with Gasteiger partial charge in [0.1, 0.15) is 5.92 Å². The summed E-state index contributed by atoms with van der Waals surface area (Å²) >= 11 is 0. The van der Waals surface area contributed by atoms with Crippen LogP contribution < -0.4 is 5.32 Å². The summed E-state index contributed by atoms with van der Waals surface area (Å²) in [6.07, 6.45) is 8.08. The third-order valence-electron chi connectivity index (χ3n) is 8.60. The molecule has 1 saturated heterocycles. The zero-order chi connectivity index (χ0) is 17.3. The van der Waals surface area contributed by atoms with Gasteiger partial charge in [0, 0.05) is 6.04 Å². The summed E-state index contributed by atoms with van der Waals surface area (Å²) in [5.74, 6) is 0.599. The highest BCUT2D eigenvalue weighted by atomic mass is 16.4. The smallest absolute Gasteiger partial charge is 0.316 e. The lowest BCUT2D eigenvalue weighted by Gasteiger charge is -2.62. The first-order valence-corrected chi connectivity index (χ1v) is 9.79. The monoisotopic (exact) mass is 333 g/mol. The standard InChI is InChI=1S/C20H31NO3/c1-11-9-15-20(3,10-12(18(23)24)17(22)21-15)14-6-8-19(2)7-4-5-13(19)16(11)14/h11-16H,4-10H2,1-3H3,(H,21,22)(H,23,24)/t11?,12?,13-,14+,15?,16-,19-,20+/m0/s1. The molecule has 0 aromatic heterocycles. The molecule has 3 aliphatic carbocycles. The fourth-order valence-corrected chi connectivity index (χ4v) is 7.33. The van der Waals surface area contributed by atoms with Crippen LogP contribution in [0.4, 0.5) is 0 Å². The van der Waals surface area contributed by atoms with Crippen LogP contribution in [-0.4, -0.2) is 23.0 Å². The third kappa shape index (κ3) is 2.10. The Labute approximate surface area is 144 Å². The van der Waals surface area contributed by atoms with E-state index in [1.165, 1.54) is 32.1 Å². The first-order valence-electron chi connectivity index (χ1n) is 9.79. The van der Waals surface area contributed by atoms with Gasteiger partial charge in [-0.25, -0.2) is 0 Å². The average Bonchev–Trinajstić information content (AvgIpc) is 2.90. The molecule has 0 spiro atoms. The topological polar surface area (TPSA) is 66.4 Å². The van der Waals surface area contributed by atoms with E-state index in [0.29, 0.717) is 29.6 Å². The van der Waals surface area contributed by atoms with E-state index >= 15 is 0 Å². The van der Waals surface area contributed by atoms with Gasteiger partial charge in [-0.1, -0.05) is 27.2 Å². The number of aliphatic carboxylic acids is 1. The van der Waals surface area contributed by atoms with Crippen molar-refractivity contribution in [2.24, 2.45) is 40.4 Å². The van der Waals surface area contributed by atoms with Crippen LogP contribution in [-0.2, 0) is 9.59 Å². The summed E-state index contributed by atoms with van der Waals surface area (Å²) in [6.45, 7) is 7.13. The van der Waals surface area contributed by atoms with Gasteiger partial charge in [-0.2, -0.15) is 0 Å². The molecule has 3 saturated carbocycles. The van der Waals surface area contributed by atoms with Crippen LogP contribution in [0, 0.1) is 40.4 Å². The molecule has 4 heteroatoms. The van der Waals surface area contributed by atoms with Crippen molar-refractivity contribution in [3.63, 3.8) is 0 Å². The third-order valence-corrected chi connectivity index (χ3v) is 8.60. The average molecular weight is 333 g/mol. The van der Waals surface area contributed by atoms with Gasteiger partial charge in [0.05, 0.1) is 0 Å². The van der Waals surface area contributed by atoms with Crippen molar-refractivity contribution >= 4 is 11.9 Å². The number of amides is 1. The van der Waals surface area contributed by atoms with E-state index < -0.39 is 11.9 Å². The number of carboxylic acids is 1.